The van der Waals surface area contributed by atoms with Crippen molar-refractivity contribution in [2.75, 3.05) is 13.1 Å². The molecular formula is C10H10Cl2F2N2O. The van der Waals surface area contributed by atoms with Gasteiger partial charge in [0.05, 0.1) is 28.7 Å². The number of hydrogen-bond donors (Lipinski definition) is 2. The summed E-state index contributed by atoms with van der Waals surface area (Å²) in [5, 5.41) is 2.26. The van der Waals surface area contributed by atoms with Crippen LogP contribution in [0.2, 0.25) is 10.0 Å². The van der Waals surface area contributed by atoms with Crippen LogP contribution in [0.3, 0.4) is 0 Å². The molecule has 17 heavy (non-hydrogen) atoms. The third-order valence-corrected chi connectivity index (χ3v) is 2.82. The third kappa shape index (κ3) is 3.80. The number of rotatable bonds is 4. The van der Waals surface area contributed by atoms with E-state index >= 15 is 0 Å². The average Bonchev–Trinajstić information content (AvgIpc) is 2.30. The predicted molar refractivity (Wildman–Crippen MR) is 62.8 cm³/mol. The minimum atomic E-state index is -3.14. The van der Waals surface area contributed by atoms with Gasteiger partial charge in [0.25, 0.3) is 11.8 Å². The van der Waals surface area contributed by atoms with Gasteiger partial charge in [0.15, 0.2) is 0 Å². The summed E-state index contributed by atoms with van der Waals surface area (Å²) in [7, 11) is 0. The topological polar surface area (TPSA) is 55.1 Å². The van der Waals surface area contributed by atoms with Crippen molar-refractivity contribution in [3.63, 3.8) is 0 Å². The minimum Gasteiger partial charge on any atom is -0.346 e. The van der Waals surface area contributed by atoms with Gasteiger partial charge in [-0.15, -0.1) is 0 Å². The van der Waals surface area contributed by atoms with Crippen LogP contribution >= 0.6 is 23.2 Å². The molecule has 0 saturated carbocycles. The van der Waals surface area contributed by atoms with Crippen molar-refractivity contribution >= 4 is 29.1 Å². The monoisotopic (exact) mass is 282 g/mol. The first-order valence-electron chi connectivity index (χ1n) is 4.67. The second kappa shape index (κ2) is 5.62. The van der Waals surface area contributed by atoms with Crippen LogP contribution in [0.15, 0.2) is 18.2 Å². The van der Waals surface area contributed by atoms with Gasteiger partial charge in [-0.3, -0.25) is 4.79 Å². The number of benzene rings is 1. The molecule has 1 aromatic rings. The van der Waals surface area contributed by atoms with Crippen LogP contribution in [0.25, 0.3) is 0 Å². The number of carbonyl (C=O) groups excluding carboxylic acids is 1. The fraction of sp³-hybridized carbons (Fsp3) is 0.300. The van der Waals surface area contributed by atoms with Crippen LogP contribution in [0, 0.1) is 0 Å². The van der Waals surface area contributed by atoms with Crippen LogP contribution in [-0.2, 0) is 0 Å². The molecule has 0 saturated heterocycles. The lowest BCUT2D eigenvalue weighted by atomic mass is 10.2. The van der Waals surface area contributed by atoms with Crippen molar-refractivity contribution in [2.45, 2.75) is 5.92 Å². The molecule has 0 aromatic heterocycles. The van der Waals surface area contributed by atoms with E-state index in [1.165, 1.54) is 18.2 Å². The molecule has 7 heteroatoms. The van der Waals surface area contributed by atoms with Crippen LogP contribution < -0.4 is 11.1 Å². The molecule has 0 aliphatic rings. The number of amides is 1. The zero-order valence-electron chi connectivity index (χ0n) is 8.64. The lowest BCUT2D eigenvalue weighted by Crippen LogP contribution is -2.41. The molecule has 0 atom stereocenters. The molecule has 0 heterocycles. The van der Waals surface area contributed by atoms with Gasteiger partial charge in [0.1, 0.15) is 0 Å². The SMILES string of the molecule is NCC(F)(F)CNC(=O)c1cccc(Cl)c1Cl. The predicted octanol–water partition coefficient (Wildman–Crippen LogP) is 2.32. The average molecular weight is 283 g/mol. The van der Waals surface area contributed by atoms with Crippen LogP contribution in [-0.4, -0.2) is 24.9 Å². The van der Waals surface area contributed by atoms with Crippen LogP contribution in [0.4, 0.5) is 8.78 Å². The smallest absolute Gasteiger partial charge is 0.277 e. The zero-order valence-corrected chi connectivity index (χ0v) is 10.2. The first kappa shape index (κ1) is 14.2. The summed E-state index contributed by atoms with van der Waals surface area (Å²) in [4.78, 5) is 11.6. The van der Waals surface area contributed by atoms with E-state index in [1.807, 2.05) is 5.32 Å². The van der Waals surface area contributed by atoms with Gasteiger partial charge < -0.3 is 11.1 Å². The van der Waals surface area contributed by atoms with Gasteiger partial charge in [-0.05, 0) is 12.1 Å². The van der Waals surface area contributed by atoms with Crippen molar-refractivity contribution in [3.05, 3.63) is 33.8 Å². The van der Waals surface area contributed by atoms with Crippen LogP contribution in [0.5, 0.6) is 0 Å². The van der Waals surface area contributed by atoms with Crippen LogP contribution in [0.1, 0.15) is 10.4 Å². The number of halogens is 4. The maximum atomic E-state index is 12.8. The van der Waals surface area contributed by atoms with Gasteiger partial charge in [0, 0.05) is 0 Å². The summed E-state index contributed by atoms with van der Waals surface area (Å²) in [6, 6.07) is 4.39. The molecule has 1 rings (SSSR count). The molecule has 0 aliphatic heterocycles. The number of nitrogens with two attached hydrogens (primary N) is 1. The Kier molecular flexibility index (Phi) is 4.68. The molecule has 0 bridgehead atoms. The Labute approximate surface area is 107 Å². The van der Waals surface area contributed by atoms with Crippen molar-refractivity contribution in [2.24, 2.45) is 5.73 Å². The van der Waals surface area contributed by atoms with Gasteiger partial charge in [-0.2, -0.15) is 0 Å². The molecule has 1 amide bonds. The van der Waals surface area contributed by atoms with E-state index in [-0.39, 0.29) is 15.6 Å². The second-order valence-corrected chi connectivity index (χ2v) is 4.13. The largest absolute Gasteiger partial charge is 0.346 e. The molecular weight excluding hydrogens is 273 g/mol. The van der Waals surface area contributed by atoms with Gasteiger partial charge in [-0.1, -0.05) is 29.3 Å². The van der Waals surface area contributed by atoms with E-state index in [9.17, 15) is 13.6 Å². The van der Waals surface area contributed by atoms with Crippen molar-refractivity contribution in [3.8, 4) is 0 Å². The summed E-state index contributed by atoms with van der Waals surface area (Å²) in [6.45, 7) is -1.68. The molecule has 3 nitrogen and oxygen atoms in total. The first-order valence-corrected chi connectivity index (χ1v) is 5.43. The van der Waals surface area contributed by atoms with E-state index in [0.29, 0.717) is 0 Å². The molecule has 3 N–H and O–H groups in total. The van der Waals surface area contributed by atoms with Crippen molar-refractivity contribution in [1.29, 1.82) is 0 Å². The number of alkyl halides is 2. The normalized spacial score (nSPS) is 11.4. The lowest BCUT2D eigenvalue weighted by molar-refractivity contribution is 0.0118. The Morgan fingerprint density at radius 3 is 2.65 bits per heavy atom. The molecule has 0 unspecified atom stereocenters. The molecule has 0 aliphatic carbocycles. The second-order valence-electron chi connectivity index (χ2n) is 3.34. The Hall–Kier alpha value is -0.910. The Bertz CT molecular complexity index is 427. The van der Waals surface area contributed by atoms with Gasteiger partial charge in [0.2, 0.25) is 0 Å². The number of hydrogen-bond acceptors (Lipinski definition) is 2. The van der Waals surface area contributed by atoms with Gasteiger partial charge in [-0.25, -0.2) is 8.78 Å². The highest BCUT2D eigenvalue weighted by Crippen LogP contribution is 2.25. The molecule has 0 fully saturated rings. The molecule has 0 spiro atoms. The molecule has 1 aromatic carbocycles. The maximum absolute atomic E-state index is 12.8. The minimum absolute atomic E-state index is 0.0303. The van der Waals surface area contributed by atoms with Gasteiger partial charge >= 0.3 is 0 Å². The Balaban J connectivity index is 2.74. The fourth-order valence-electron chi connectivity index (χ4n) is 1.06. The van der Waals surface area contributed by atoms with Crippen molar-refractivity contribution in [1.82, 2.24) is 5.32 Å². The number of nitrogens with one attached hydrogen (secondary N) is 1. The summed E-state index contributed by atoms with van der Waals surface area (Å²) < 4.78 is 25.6. The molecule has 94 valence electrons. The quantitative estimate of drug-likeness (QED) is 0.891. The summed E-state index contributed by atoms with van der Waals surface area (Å²) in [5.74, 6) is -3.86. The highest BCUT2D eigenvalue weighted by atomic mass is 35.5. The van der Waals surface area contributed by atoms with E-state index in [0.717, 1.165) is 0 Å². The van der Waals surface area contributed by atoms with E-state index in [1.54, 1.807) is 0 Å². The fourth-order valence-corrected chi connectivity index (χ4v) is 1.44. The van der Waals surface area contributed by atoms with Crippen molar-refractivity contribution < 1.29 is 13.6 Å². The first-order chi connectivity index (χ1) is 7.87. The van der Waals surface area contributed by atoms with E-state index in [2.05, 4.69) is 0 Å². The highest BCUT2D eigenvalue weighted by Gasteiger charge is 2.27. The number of carbonyl (C=O) groups is 1. The Morgan fingerprint density at radius 1 is 1.41 bits per heavy atom. The van der Waals surface area contributed by atoms with E-state index < -0.39 is 24.9 Å². The summed E-state index contributed by atoms with van der Waals surface area (Å²) >= 11 is 11.5. The highest BCUT2D eigenvalue weighted by molar-refractivity contribution is 6.43. The maximum Gasteiger partial charge on any atom is 0.277 e. The van der Waals surface area contributed by atoms with E-state index in [4.69, 9.17) is 28.9 Å². The summed E-state index contributed by atoms with van der Waals surface area (Å²) in [5.41, 5.74) is 4.88. The molecule has 0 radical (unpaired) electrons. The standard InChI is InChI=1S/C10H10Cl2F2N2O/c11-7-3-1-2-6(8(7)12)9(17)16-5-10(13,14)4-15/h1-3H,4-5,15H2,(H,16,17). The third-order valence-electron chi connectivity index (χ3n) is 2.00. The lowest BCUT2D eigenvalue weighted by Gasteiger charge is -2.15. The summed E-state index contributed by atoms with van der Waals surface area (Å²) in [6.07, 6.45) is 0. The Morgan fingerprint density at radius 2 is 2.06 bits per heavy atom. The zero-order chi connectivity index (χ0) is 13.1.